The maximum atomic E-state index is 10.6. The van der Waals surface area contributed by atoms with Crippen LogP contribution in [0, 0.1) is 0 Å². The lowest BCUT2D eigenvalue weighted by Gasteiger charge is -2.28. The molecule has 1 rings (SSSR count). The van der Waals surface area contributed by atoms with E-state index in [0.29, 0.717) is 12.8 Å². The first-order valence-electron chi connectivity index (χ1n) is 3.67. The number of carbonyl (C=O) groups is 1. The Morgan fingerprint density at radius 1 is 1.27 bits per heavy atom. The molecule has 0 saturated heterocycles. The van der Waals surface area contributed by atoms with Crippen LogP contribution in [0.25, 0.3) is 0 Å². The Hall–Kier alpha value is -0.570. The minimum atomic E-state index is -0.905. The molecule has 66 valence electrons. The van der Waals surface area contributed by atoms with Crippen LogP contribution in [0.4, 0.5) is 0 Å². The lowest BCUT2D eigenvalue weighted by molar-refractivity contribution is -0.144. The van der Waals surface area contributed by atoms with Crippen molar-refractivity contribution >= 4 is 5.97 Å². The molecule has 3 nitrogen and oxygen atoms in total. The summed E-state index contributed by atoms with van der Waals surface area (Å²) >= 11 is 0. The molecule has 0 amide bonds. The van der Waals surface area contributed by atoms with Gasteiger partial charge in [0.05, 0.1) is 0 Å². The van der Waals surface area contributed by atoms with Gasteiger partial charge in [-0.15, -0.1) is 0 Å². The number of aliphatic carboxylic acids is 1. The average molecular weight is 159 g/mol. The fourth-order valence-corrected chi connectivity index (χ4v) is 1.40. The first-order valence-corrected chi connectivity index (χ1v) is 3.67. The standard InChI is InChI=1S/C7H13NO2.CH4/c8-7(6(9)10)4-2-1-3-5-7;/h1-5,8H2,(H,9,10);1H4. The van der Waals surface area contributed by atoms with Crippen LogP contribution in [-0.4, -0.2) is 16.6 Å². The molecule has 0 aliphatic heterocycles. The van der Waals surface area contributed by atoms with Crippen LogP contribution >= 0.6 is 0 Å². The van der Waals surface area contributed by atoms with Gasteiger partial charge in [0.25, 0.3) is 0 Å². The van der Waals surface area contributed by atoms with E-state index < -0.39 is 11.5 Å². The van der Waals surface area contributed by atoms with Crippen LogP contribution in [0.15, 0.2) is 0 Å². The first kappa shape index (κ1) is 10.4. The Balaban J connectivity index is 0.000001000. The maximum absolute atomic E-state index is 10.6. The quantitative estimate of drug-likeness (QED) is 0.607. The first-order chi connectivity index (χ1) is 4.65. The molecule has 0 aromatic rings. The van der Waals surface area contributed by atoms with Gasteiger partial charge < -0.3 is 10.8 Å². The lowest BCUT2D eigenvalue weighted by atomic mass is 9.83. The Morgan fingerprint density at radius 3 is 2.00 bits per heavy atom. The van der Waals surface area contributed by atoms with E-state index in [9.17, 15) is 4.79 Å². The highest BCUT2D eigenvalue weighted by Gasteiger charge is 2.34. The molecule has 0 unspecified atom stereocenters. The summed E-state index contributed by atoms with van der Waals surface area (Å²) in [6.45, 7) is 0. The normalized spacial score (nSPS) is 21.9. The summed E-state index contributed by atoms with van der Waals surface area (Å²) in [6, 6.07) is 0. The molecule has 0 atom stereocenters. The van der Waals surface area contributed by atoms with E-state index in [-0.39, 0.29) is 7.43 Å². The van der Waals surface area contributed by atoms with Crippen LogP contribution in [0.5, 0.6) is 0 Å². The van der Waals surface area contributed by atoms with Crippen LogP contribution in [0.3, 0.4) is 0 Å². The summed E-state index contributed by atoms with van der Waals surface area (Å²) in [7, 11) is 0. The van der Waals surface area contributed by atoms with Gasteiger partial charge >= 0.3 is 5.97 Å². The van der Waals surface area contributed by atoms with Gasteiger partial charge in [-0.25, -0.2) is 0 Å². The van der Waals surface area contributed by atoms with Gasteiger partial charge in [-0.1, -0.05) is 26.7 Å². The van der Waals surface area contributed by atoms with Crippen molar-refractivity contribution in [2.75, 3.05) is 0 Å². The van der Waals surface area contributed by atoms with Gasteiger partial charge in [0, 0.05) is 0 Å². The number of rotatable bonds is 1. The van der Waals surface area contributed by atoms with Crippen molar-refractivity contribution in [1.29, 1.82) is 0 Å². The highest BCUT2D eigenvalue weighted by molar-refractivity contribution is 5.78. The fourth-order valence-electron chi connectivity index (χ4n) is 1.40. The van der Waals surface area contributed by atoms with Crippen molar-refractivity contribution in [3.8, 4) is 0 Å². The van der Waals surface area contributed by atoms with E-state index in [1.165, 1.54) is 0 Å². The molecule has 1 aliphatic rings. The van der Waals surface area contributed by atoms with Gasteiger partial charge in [0.1, 0.15) is 5.54 Å². The van der Waals surface area contributed by atoms with Crippen LogP contribution in [0.2, 0.25) is 0 Å². The number of carboxylic acid groups (broad SMARTS) is 1. The fraction of sp³-hybridized carbons (Fsp3) is 0.875. The Labute approximate surface area is 67.6 Å². The molecule has 0 heterocycles. The molecular weight excluding hydrogens is 142 g/mol. The SMILES string of the molecule is C.NC1(C(=O)O)CCCCC1. The molecule has 0 bridgehead atoms. The van der Waals surface area contributed by atoms with Gasteiger partial charge in [-0.05, 0) is 12.8 Å². The molecule has 11 heavy (non-hydrogen) atoms. The zero-order valence-corrected chi connectivity index (χ0v) is 5.97. The summed E-state index contributed by atoms with van der Waals surface area (Å²) in [5.41, 5.74) is 4.70. The molecule has 3 heteroatoms. The summed E-state index contributed by atoms with van der Waals surface area (Å²) in [5, 5.41) is 8.67. The largest absolute Gasteiger partial charge is 0.480 e. The van der Waals surface area contributed by atoms with Crippen molar-refractivity contribution in [2.45, 2.75) is 45.1 Å². The Kier molecular flexibility index (Phi) is 3.52. The third kappa shape index (κ3) is 2.19. The minimum absolute atomic E-state index is 0. The van der Waals surface area contributed by atoms with Gasteiger partial charge in [-0.2, -0.15) is 0 Å². The second kappa shape index (κ2) is 3.72. The van der Waals surface area contributed by atoms with Crippen molar-refractivity contribution in [3.63, 3.8) is 0 Å². The van der Waals surface area contributed by atoms with E-state index in [0.717, 1.165) is 19.3 Å². The molecule has 1 aliphatic carbocycles. The lowest BCUT2D eigenvalue weighted by Crippen LogP contribution is -2.49. The highest BCUT2D eigenvalue weighted by Crippen LogP contribution is 2.25. The van der Waals surface area contributed by atoms with E-state index in [1.807, 2.05) is 0 Å². The summed E-state index contributed by atoms with van der Waals surface area (Å²) in [5.74, 6) is -0.841. The van der Waals surface area contributed by atoms with Crippen molar-refractivity contribution < 1.29 is 9.90 Å². The molecule has 0 spiro atoms. The van der Waals surface area contributed by atoms with Gasteiger partial charge in [0.15, 0.2) is 0 Å². The van der Waals surface area contributed by atoms with E-state index in [2.05, 4.69) is 0 Å². The summed E-state index contributed by atoms with van der Waals surface area (Å²) in [4.78, 5) is 10.6. The maximum Gasteiger partial charge on any atom is 0.323 e. The summed E-state index contributed by atoms with van der Waals surface area (Å²) < 4.78 is 0. The van der Waals surface area contributed by atoms with Crippen molar-refractivity contribution in [2.24, 2.45) is 5.73 Å². The molecular formula is C8H17NO2. The molecule has 1 fully saturated rings. The molecule has 0 radical (unpaired) electrons. The zero-order valence-electron chi connectivity index (χ0n) is 5.97. The van der Waals surface area contributed by atoms with E-state index >= 15 is 0 Å². The third-order valence-electron chi connectivity index (χ3n) is 2.17. The highest BCUT2D eigenvalue weighted by atomic mass is 16.4. The Morgan fingerprint density at radius 2 is 1.73 bits per heavy atom. The van der Waals surface area contributed by atoms with E-state index in [4.69, 9.17) is 10.8 Å². The number of hydrogen-bond acceptors (Lipinski definition) is 2. The smallest absolute Gasteiger partial charge is 0.323 e. The number of nitrogens with two attached hydrogens (primary N) is 1. The molecule has 3 N–H and O–H groups in total. The number of carboxylic acids is 1. The van der Waals surface area contributed by atoms with Crippen LogP contribution in [-0.2, 0) is 4.79 Å². The second-order valence-corrected chi connectivity index (χ2v) is 3.02. The second-order valence-electron chi connectivity index (χ2n) is 3.02. The number of hydrogen-bond donors (Lipinski definition) is 2. The van der Waals surface area contributed by atoms with Gasteiger partial charge in [0.2, 0.25) is 0 Å². The molecule has 0 aromatic heterocycles. The monoisotopic (exact) mass is 159 g/mol. The van der Waals surface area contributed by atoms with Crippen molar-refractivity contribution in [1.82, 2.24) is 0 Å². The topological polar surface area (TPSA) is 63.3 Å². The van der Waals surface area contributed by atoms with Crippen LogP contribution < -0.4 is 5.73 Å². The third-order valence-corrected chi connectivity index (χ3v) is 2.17. The predicted octanol–water partition coefficient (Wildman–Crippen LogP) is 1.37. The van der Waals surface area contributed by atoms with Crippen molar-refractivity contribution in [3.05, 3.63) is 0 Å². The zero-order chi connectivity index (χ0) is 7.61. The van der Waals surface area contributed by atoms with Gasteiger partial charge in [-0.3, -0.25) is 4.79 Å². The molecule has 1 saturated carbocycles. The van der Waals surface area contributed by atoms with E-state index in [1.54, 1.807) is 0 Å². The molecule has 0 aromatic carbocycles. The van der Waals surface area contributed by atoms with Crippen LogP contribution in [0.1, 0.15) is 39.5 Å². The summed E-state index contributed by atoms with van der Waals surface area (Å²) in [6.07, 6.45) is 4.34. The average Bonchev–Trinajstić information content (AvgIpc) is 1.89. The minimum Gasteiger partial charge on any atom is -0.480 e. The Bertz CT molecular complexity index is 139. The predicted molar refractivity (Wildman–Crippen MR) is 44.4 cm³/mol.